The van der Waals surface area contributed by atoms with Gasteiger partial charge in [-0.2, -0.15) is 11.8 Å². The molecule has 0 saturated carbocycles. The van der Waals surface area contributed by atoms with E-state index in [0.29, 0.717) is 6.04 Å². The second-order valence-electron chi connectivity index (χ2n) is 5.81. The van der Waals surface area contributed by atoms with Gasteiger partial charge in [0.05, 0.1) is 6.04 Å². The monoisotopic (exact) mass is 318 g/mol. The molecule has 118 valence electrons. The molecule has 2 heterocycles. The summed E-state index contributed by atoms with van der Waals surface area (Å²) >= 11 is 1.95. The Kier molecular flexibility index (Phi) is 4.62. The van der Waals surface area contributed by atoms with E-state index in [-0.39, 0.29) is 12.1 Å². The highest BCUT2D eigenvalue weighted by atomic mass is 32.2. The summed E-state index contributed by atoms with van der Waals surface area (Å²) in [5.41, 5.74) is 1.96. The lowest BCUT2D eigenvalue weighted by atomic mass is 10.1. The van der Waals surface area contributed by atoms with Crippen molar-refractivity contribution in [3.63, 3.8) is 0 Å². The number of para-hydroxylation sites is 1. The number of benzene rings is 1. The van der Waals surface area contributed by atoms with Gasteiger partial charge in [0, 0.05) is 17.0 Å². The maximum absolute atomic E-state index is 12.2. The lowest BCUT2D eigenvalue weighted by molar-refractivity contribution is 0.231. The molecule has 0 radical (unpaired) electrons. The van der Waals surface area contributed by atoms with Crippen LogP contribution in [0.25, 0.3) is 11.0 Å². The predicted molar refractivity (Wildman–Crippen MR) is 91.4 cm³/mol. The first kappa shape index (κ1) is 15.3. The van der Waals surface area contributed by atoms with Crippen LogP contribution in [0.4, 0.5) is 4.79 Å². The molecule has 1 aromatic carbocycles. The maximum Gasteiger partial charge on any atom is 0.315 e. The fourth-order valence-electron chi connectivity index (χ4n) is 2.94. The lowest BCUT2D eigenvalue weighted by Crippen LogP contribution is -2.44. The summed E-state index contributed by atoms with van der Waals surface area (Å²) in [7, 11) is 0. The Morgan fingerprint density at radius 2 is 2.05 bits per heavy atom. The Hall–Kier alpha value is -1.62. The van der Waals surface area contributed by atoms with Crippen molar-refractivity contribution in [3.8, 4) is 0 Å². The third-order valence-electron chi connectivity index (χ3n) is 4.18. The third-order valence-corrected chi connectivity index (χ3v) is 5.23. The van der Waals surface area contributed by atoms with E-state index in [1.54, 1.807) is 0 Å². The molecular formula is C17H22N2O2S. The molecule has 1 fully saturated rings. The van der Waals surface area contributed by atoms with Crippen LogP contribution in [0.5, 0.6) is 0 Å². The maximum atomic E-state index is 12.2. The molecule has 2 amide bonds. The molecule has 1 aromatic heterocycles. The van der Waals surface area contributed by atoms with E-state index in [0.717, 1.165) is 46.6 Å². The van der Waals surface area contributed by atoms with Crippen LogP contribution in [0.3, 0.4) is 0 Å². The number of fused-ring (bicyclic) bond motifs is 1. The Balaban J connectivity index is 1.66. The van der Waals surface area contributed by atoms with Crippen LogP contribution in [0, 0.1) is 6.92 Å². The van der Waals surface area contributed by atoms with Gasteiger partial charge in [-0.15, -0.1) is 0 Å². The number of hydrogen-bond donors (Lipinski definition) is 2. The topological polar surface area (TPSA) is 54.3 Å². The van der Waals surface area contributed by atoms with Crippen LogP contribution in [-0.4, -0.2) is 23.6 Å². The first-order chi connectivity index (χ1) is 10.6. The van der Waals surface area contributed by atoms with Crippen LogP contribution in [0.2, 0.25) is 0 Å². The van der Waals surface area contributed by atoms with Crippen LogP contribution < -0.4 is 10.6 Å². The number of urea groups is 1. The standard InChI is InChI=1S/C17H22N2O2S/c1-11-14-5-3-4-6-15(14)21-16(11)12(2)18-17(20)19-13-7-9-22-10-8-13/h3-6,12-13H,7-10H2,1-2H3,(H2,18,19,20)/t12-/m1/s1. The van der Waals surface area contributed by atoms with Crippen molar-refractivity contribution in [3.05, 3.63) is 35.6 Å². The van der Waals surface area contributed by atoms with E-state index in [1.807, 2.05) is 49.9 Å². The summed E-state index contributed by atoms with van der Waals surface area (Å²) in [6.45, 7) is 4.00. The number of aryl methyl sites for hydroxylation is 1. The molecule has 5 heteroatoms. The van der Waals surface area contributed by atoms with E-state index in [9.17, 15) is 4.79 Å². The zero-order valence-corrected chi connectivity index (χ0v) is 13.8. The second kappa shape index (κ2) is 6.65. The van der Waals surface area contributed by atoms with Gasteiger partial charge in [-0.3, -0.25) is 0 Å². The van der Waals surface area contributed by atoms with Crippen molar-refractivity contribution >= 4 is 28.8 Å². The average molecular weight is 318 g/mol. The smallest absolute Gasteiger partial charge is 0.315 e. The minimum absolute atomic E-state index is 0.107. The molecule has 0 spiro atoms. The predicted octanol–water partition coefficient (Wildman–Crippen LogP) is 4.00. The molecule has 0 unspecified atom stereocenters. The SMILES string of the molecule is Cc1c([C@@H](C)NC(=O)NC2CCSCC2)oc2ccccc12. The van der Waals surface area contributed by atoms with Gasteiger partial charge in [-0.25, -0.2) is 4.79 Å². The molecule has 1 atom stereocenters. The largest absolute Gasteiger partial charge is 0.459 e. The first-order valence-electron chi connectivity index (χ1n) is 7.78. The van der Waals surface area contributed by atoms with Crippen LogP contribution in [0.15, 0.2) is 28.7 Å². The van der Waals surface area contributed by atoms with E-state index in [1.165, 1.54) is 0 Å². The Morgan fingerprint density at radius 1 is 1.32 bits per heavy atom. The molecule has 4 nitrogen and oxygen atoms in total. The molecular weight excluding hydrogens is 296 g/mol. The molecule has 3 rings (SSSR count). The number of carbonyl (C=O) groups excluding carboxylic acids is 1. The minimum Gasteiger partial charge on any atom is -0.459 e. The quantitative estimate of drug-likeness (QED) is 0.899. The molecule has 2 N–H and O–H groups in total. The van der Waals surface area contributed by atoms with E-state index in [4.69, 9.17) is 4.42 Å². The number of carbonyl (C=O) groups is 1. The number of hydrogen-bond acceptors (Lipinski definition) is 3. The molecule has 1 aliphatic rings. The third kappa shape index (κ3) is 3.24. The molecule has 0 aliphatic carbocycles. The normalized spacial score (nSPS) is 17.4. The molecule has 0 bridgehead atoms. The van der Waals surface area contributed by atoms with Crippen LogP contribution in [-0.2, 0) is 0 Å². The van der Waals surface area contributed by atoms with Crippen molar-refractivity contribution < 1.29 is 9.21 Å². The van der Waals surface area contributed by atoms with Gasteiger partial charge in [0.15, 0.2) is 0 Å². The fourth-order valence-corrected chi connectivity index (χ4v) is 4.04. The van der Waals surface area contributed by atoms with E-state index >= 15 is 0 Å². The number of thioether (sulfide) groups is 1. The average Bonchev–Trinajstić information content (AvgIpc) is 2.86. The number of furan rings is 1. The van der Waals surface area contributed by atoms with Crippen LogP contribution >= 0.6 is 11.8 Å². The van der Waals surface area contributed by atoms with Gasteiger partial charge in [-0.05, 0) is 44.3 Å². The second-order valence-corrected chi connectivity index (χ2v) is 7.04. The molecule has 2 aromatic rings. The number of rotatable bonds is 3. The lowest BCUT2D eigenvalue weighted by Gasteiger charge is -2.23. The Labute approximate surface area is 135 Å². The van der Waals surface area contributed by atoms with E-state index in [2.05, 4.69) is 10.6 Å². The van der Waals surface area contributed by atoms with Crippen molar-refractivity contribution in [1.29, 1.82) is 0 Å². The fraction of sp³-hybridized carbons (Fsp3) is 0.471. The first-order valence-corrected chi connectivity index (χ1v) is 8.93. The number of nitrogens with one attached hydrogen (secondary N) is 2. The Morgan fingerprint density at radius 3 is 2.77 bits per heavy atom. The summed E-state index contributed by atoms with van der Waals surface area (Å²) in [6, 6.07) is 8.00. The van der Waals surface area contributed by atoms with Crippen molar-refractivity contribution in [1.82, 2.24) is 10.6 Å². The van der Waals surface area contributed by atoms with Crippen LogP contribution in [0.1, 0.15) is 37.1 Å². The molecule has 1 saturated heterocycles. The van der Waals surface area contributed by atoms with Gasteiger partial charge in [0.25, 0.3) is 0 Å². The summed E-state index contributed by atoms with van der Waals surface area (Å²) in [5.74, 6) is 3.09. The summed E-state index contributed by atoms with van der Waals surface area (Å²) in [6.07, 6.45) is 2.10. The summed E-state index contributed by atoms with van der Waals surface area (Å²) in [5, 5.41) is 7.17. The summed E-state index contributed by atoms with van der Waals surface area (Å²) < 4.78 is 5.91. The zero-order chi connectivity index (χ0) is 15.5. The minimum atomic E-state index is -0.148. The molecule has 1 aliphatic heterocycles. The van der Waals surface area contributed by atoms with Gasteiger partial charge in [0.2, 0.25) is 0 Å². The highest BCUT2D eigenvalue weighted by Gasteiger charge is 2.20. The van der Waals surface area contributed by atoms with Crippen molar-refractivity contribution in [2.45, 2.75) is 38.8 Å². The highest BCUT2D eigenvalue weighted by molar-refractivity contribution is 7.99. The van der Waals surface area contributed by atoms with E-state index < -0.39 is 0 Å². The highest BCUT2D eigenvalue weighted by Crippen LogP contribution is 2.29. The van der Waals surface area contributed by atoms with Crippen molar-refractivity contribution in [2.24, 2.45) is 0 Å². The molecule has 22 heavy (non-hydrogen) atoms. The Bertz CT molecular complexity index is 662. The summed E-state index contributed by atoms with van der Waals surface area (Å²) in [4.78, 5) is 12.2. The zero-order valence-electron chi connectivity index (χ0n) is 13.0. The van der Waals surface area contributed by atoms with Gasteiger partial charge in [0.1, 0.15) is 11.3 Å². The van der Waals surface area contributed by atoms with Gasteiger partial charge in [-0.1, -0.05) is 18.2 Å². The van der Waals surface area contributed by atoms with Gasteiger partial charge < -0.3 is 15.1 Å². The van der Waals surface area contributed by atoms with Crippen molar-refractivity contribution in [2.75, 3.05) is 11.5 Å². The number of amides is 2. The van der Waals surface area contributed by atoms with Gasteiger partial charge >= 0.3 is 6.03 Å².